The molecule has 86 valence electrons. The van der Waals surface area contributed by atoms with Gasteiger partial charge in [-0.2, -0.15) is 5.26 Å². The van der Waals surface area contributed by atoms with E-state index in [2.05, 4.69) is 6.58 Å². The van der Waals surface area contributed by atoms with E-state index >= 15 is 0 Å². The molecule has 0 atom stereocenters. The van der Waals surface area contributed by atoms with Gasteiger partial charge in [0.15, 0.2) is 0 Å². The molecule has 0 amide bonds. The highest BCUT2D eigenvalue weighted by molar-refractivity contribution is 7.80. The van der Waals surface area contributed by atoms with Gasteiger partial charge in [-0.15, -0.1) is 0 Å². The van der Waals surface area contributed by atoms with E-state index in [-0.39, 0.29) is 10.6 Å². The third-order valence-electron chi connectivity index (χ3n) is 1.96. The van der Waals surface area contributed by atoms with Gasteiger partial charge in [0.25, 0.3) is 0 Å². The number of ether oxygens (including phenoxy) is 1. The molecule has 3 nitrogen and oxygen atoms in total. The summed E-state index contributed by atoms with van der Waals surface area (Å²) >= 11 is 4.78. The molecule has 1 rings (SSSR count). The van der Waals surface area contributed by atoms with E-state index in [0.29, 0.717) is 12.4 Å². The lowest BCUT2D eigenvalue weighted by Crippen LogP contribution is -2.09. The van der Waals surface area contributed by atoms with Gasteiger partial charge in [-0.05, 0) is 12.1 Å². The SMILES string of the molecule is C=CCOc1ccccc1C=C(C#N)C(N)=S. The predicted octanol–water partition coefficient (Wildman–Crippen LogP) is 2.44. The van der Waals surface area contributed by atoms with E-state index in [4.69, 9.17) is 28.0 Å². The van der Waals surface area contributed by atoms with Crippen LogP contribution in [-0.2, 0) is 0 Å². The van der Waals surface area contributed by atoms with Crippen molar-refractivity contribution in [3.05, 3.63) is 48.1 Å². The Bertz CT molecular complexity index is 500. The number of nitrogens with two attached hydrogens (primary N) is 1. The Morgan fingerprint density at radius 1 is 1.53 bits per heavy atom. The first-order chi connectivity index (χ1) is 8.19. The fraction of sp³-hybridized carbons (Fsp3) is 0.0769. The second-order valence-electron chi connectivity index (χ2n) is 3.17. The van der Waals surface area contributed by atoms with Crippen LogP contribution in [0.4, 0.5) is 0 Å². The highest BCUT2D eigenvalue weighted by Gasteiger charge is 2.04. The summed E-state index contributed by atoms with van der Waals surface area (Å²) in [4.78, 5) is 0.0750. The molecule has 0 aliphatic rings. The zero-order valence-electron chi connectivity index (χ0n) is 9.22. The van der Waals surface area contributed by atoms with Gasteiger partial charge in [0.1, 0.15) is 23.4 Å². The molecule has 1 aromatic carbocycles. The second-order valence-corrected chi connectivity index (χ2v) is 3.61. The van der Waals surface area contributed by atoms with Crippen LogP contribution < -0.4 is 10.5 Å². The van der Waals surface area contributed by atoms with Gasteiger partial charge in [0, 0.05) is 5.56 Å². The fourth-order valence-corrected chi connectivity index (χ4v) is 1.30. The molecule has 0 aliphatic carbocycles. The van der Waals surface area contributed by atoms with E-state index in [0.717, 1.165) is 5.56 Å². The minimum atomic E-state index is 0.0750. The number of rotatable bonds is 5. The average Bonchev–Trinajstić information content (AvgIpc) is 2.34. The number of hydrogen-bond donors (Lipinski definition) is 1. The average molecular weight is 244 g/mol. The minimum absolute atomic E-state index is 0.0750. The van der Waals surface area contributed by atoms with Gasteiger partial charge in [-0.3, -0.25) is 0 Å². The summed E-state index contributed by atoms with van der Waals surface area (Å²) in [5.74, 6) is 0.663. The maximum Gasteiger partial charge on any atom is 0.127 e. The molecule has 4 heteroatoms. The highest BCUT2D eigenvalue weighted by Crippen LogP contribution is 2.20. The van der Waals surface area contributed by atoms with Gasteiger partial charge >= 0.3 is 0 Å². The Morgan fingerprint density at radius 2 is 2.24 bits per heavy atom. The second kappa shape index (κ2) is 6.46. The summed E-state index contributed by atoms with van der Waals surface area (Å²) in [6.45, 7) is 3.98. The number of nitrogens with zero attached hydrogens (tertiary/aromatic N) is 1. The molecule has 0 aliphatic heterocycles. The lowest BCUT2D eigenvalue weighted by atomic mass is 10.1. The molecule has 0 fully saturated rings. The minimum Gasteiger partial charge on any atom is -0.489 e. The van der Waals surface area contributed by atoms with E-state index in [1.54, 1.807) is 12.2 Å². The van der Waals surface area contributed by atoms with Crippen LogP contribution >= 0.6 is 12.2 Å². The molecular formula is C13H12N2OS. The molecule has 0 saturated heterocycles. The summed E-state index contributed by atoms with van der Waals surface area (Å²) in [7, 11) is 0. The Balaban J connectivity index is 3.09. The van der Waals surface area contributed by atoms with Crippen LogP contribution in [0.25, 0.3) is 6.08 Å². The normalized spacial score (nSPS) is 10.4. The van der Waals surface area contributed by atoms with E-state index in [1.807, 2.05) is 30.3 Å². The highest BCUT2D eigenvalue weighted by atomic mass is 32.1. The number of hydrogen-bond acceptors (Lipinski definition) is 3. The summed E-state index contributed by atoms with van der Waals surface area (Å²) in [6.07, 6.45) is 3.26. The Labute approximate surface area is 106 Å². The van der Waals surface area contributed by atoms with Crippen LogP contribution in [0.1, 0.15) is 5.56 Å². The lowest BCUT2D eigenvalue weighted by Gasteiger charge is -2.07. The molecule has 0 heterocycles. The number of para-hydroxylation sites is 1. The third-order valence-corrected chi connectivity index (χ3v) is 2.18. The van der Waals surface area contributed by atoms with Gasteiger partial charge in [0.2, 0.25) is 0 Å². The molecule has 2 N–H and O–H groups in total. The summed E-state index contributed by atoms with van der Waals surface area (Å²) < 4.78 is 5.46. The van der Waals surface area contributed by atoms with Crippen molar-refractivity contribution in [2.24, 2.45) is 5.73 Å². The van der Waals surface area contributed by atoms with Gasteiger partial charge in [0.05, 0.1) is 5.57 Å². The summed E-state index contributed by atoms with van der Waals surface area (Å²) in [5.41, 5.74) is 6.45. The number of thiocarbonyl (C=S) groups is 1. The molecule has 0 saturated carbocycles. The Morgan fingerprint density at radius 3 is 2.82 bits per heavy atom. The molecule has 0 bridgehead atoms. The Kier molecular flexibility index (Phi) is 4.92. The smallest absolute Gasteiger partial charge is 0.127 e. The Hall–Kier alpha value is -2.12. The van der Waals surface area contributed by atoms with Crippen molar-refractivity contribution in [2.45, 2.75) is 0 Å². The maximum atomic E-state index is 8.88. The molecule has 1 aromatic rings. The number of nitriles is 1. The molecular weight excluding hydrogens is 232 g/mol. The van der Waals surface area contributed by atoms with Crippen molar-refractivity contribution >= 4 is 23.3 Å². The van der Waals surface area contributed by atoms with Gasteiger partial charge in [-0.25, -0.2) is 0 Å². The standard InChI is InChI=1S/C13H12N2OS/c1-2-7-16-12-6-4-3-5-10(12)8-11(9-14)13(15)17/h2-6,8H,1,7H2,(H2,15,17). The van der Waals surface area contributed by atoms with Crippen molar-refractivity contribution in [2.75, 3.05) is 6.61 Å². The van der Waals surface area contributed by atoms with Crippen LogP contribution in [0.5, 0.6) is 5.75 Å². The molecule has 0 aromatic heterocycles. The van der Waals surface area contributed by atoms with Crippen LogP contribution in [0.2, 0.25) is 0 Å². The number of benzene rings is 1. The quantitative estimate of drug-likeness (QED) is 0.374. The van der Waals surface area contributed by atoms with Crippen molar-refractivity contribution in [1.29, 1.82) is 5.26 Å². The zero-order valence-corrected chi connectivity index (χ0v) is 10.0. The van der Waals surface area contributed by atoms with Crippen molar-refractivity contribution in [3.8, 4) is 11.8 Å². The van der Waals surface area contributed by atoms with Crippen LogP contribution in [0.3, 0.4) is 0 Å². The molecule has 0 unspecified atom stereocenters. The predicted molar refractivity (Wildman–Crippen MR) is 72.5 cm³/mol. The third kappa shape index (κ3) is 3.74. The van der Waals surface area contributed by atoms with Crippen LogP contribution in [0, 0.1) is 11.3 Å². The molecule has 0 spiro atoms. The van der Waals surface area contributed by atoms with E-state index in [1.165, 1.54) is 0 Å². The van der Waals surface area contributed by atoms with Crippen molar-refractivity contribution in [1.82, 2.24) is 0 Å². The molecule has 0 radical (unpaired) electrons. The van der Waals surface area contributed by atoms with E-state index < -0.39 is 0 Å². The first kappa shape index (κ1) is 12.9. The van der Waals surface area contributed by atoms with Crippen molar-refractivity contribution < 1.29 is 4.74 Å². The van der Waals surface area contributed by atoms with E-state index in [9.17, 15) is 0 Å². The first-order valence-electron chi connectivity index (χ1n) is 4.93. The van der Waals surface area contributed by atoms with Crippen LogP contribution in [-0.4, -0.2) is 11.6 Å². The monoisotopic (exact) mass is 244 g/mol. The topological polar surface area (TPSA) is 59.0 Å². The molecule has 17 heavy (non-hydrogen) atoms. The van der Waals surface area contributed by atoms with Crippen molar-refractivity contribution in [3.63, 3.8) is 0 Å². The maximum absolute atomic E-state index is 8.88. The largest absolute Gasteiger partial charge is 0.489 e. The first-order valence-corrected chi connectivity index (χ1v) is 5.34. The lowest BCUT2D eigenvalue weighted by molar-refractivity contribution is 0.362. The van der Waals surface area contributed by atoms with Gasteiger partial charge in [-0.1, -0.05) is 43.1 Å². The van der Waals surface area contributed by atoms with Crippen LogP contribution in [0.15, 0.2) is 42.5 Å². The fourth-order valence-electron chi connectivity index (χ4n) is 1.19. The summed E-state index contributed by atoms with van der Waals surface area (Å²) in [6, 6.07) is 9.29. The van der Waals surface area contributed by atoms with Gasteiger partial charge < -0.3 is 10.5 Å². The zero-order chi connectivity index (χ0) is 12.7. The summed E-state index contributed by atoms with van der Waals surface area (Å²) in [5, 5.41) is 8.88.